The number of pyridine rings is 1. The summed E-state index contributed by atoms with van der Waals surface area (Å²) in [6.07, 6.45) is 1.88. The average molecular weight is 278 g/mol. The molecule has 3 rings (SSSR count). The lowest BCUT2D eigenvalue weighted by molar-refractivity contribution is 1.20. The highest BCUT2D eigenvalue weighted by Gasteiger charge is 2.16. The molecule has 2 N–H and O–H groups in total. The fraction of sp³-hybridized carbons (Fsp3) is 0.154. The van der Waals surface area contributed by atoms with E-state index in [4.69, 9.17) is 17.3 Å². The third kappa shape index (κ3) is 1.61. The van der Waals surface area contributed by atoms with Gasteiger partial charge in [-0.05, 0) is 32.0 Å². The zero-order valence-electron chi connectivity index (χ0n) is 10.1. The Morgan fingerprint density at radius 1 is 1.39 bits per heavy atom. The van der Waals surface area contributed by atoms with Gasteiger partial charge < -0.3 is 5.73 Å². The Bertz CT molecular complexity index is 742. The van der Waals surface area contributed by atoms with Crippen molar-refractivity contribution < 1.29 is 0 Å². The number of imidazole rings is 1. The van der Waals surface area contributed by atoms with E-state index in [0.29, 0.717) is 16.5 Å². The van der Waals surface area contributed by atoms with Crippen LogP contribution in [0.4, 0.5) is 5.82 Å². The molecule has 3 nitrogen and oxygen atoms in total. The second-order valence-electron chi connectivity index (χ2n) is 4.22. The van der Waals surface area contributed by atoms with Crippen molar-refractivity contribution in [3.63, 3.8) is 0 Å². The standard InChI is InChI=1S/C13H12ClN3S/c1-7-6-9(8(2)18-7)11-12(15)17-5-3-4-10(14)13(17)16-11/h3-6H,15H2,1-2H3. The van der Waals surface area contributed by atoms with Crippen molar-refractivity contribution >= 4 is 34.4 Å². The zero-order chi connectivity index (χ0) is 12.9. The molecule has 92 valence electrons. The molecule has 0 saturated heterocycles. The predicted octanol–water partition coefficient (Wildman–Crippen LogP) is 3.92. The maximum Gasteiger partial charge on any atom is 0.157 e. The molecule has 0 unspecified atom stereocenters. The van der Waals surface area contributed by atoms with Crippen molar-refractivity contribution in [1.82, 2.24) is 9.38 Å². The normalized spacial score (nSPS) is 11.3. The first-order chi connectivity index (χ1) is 8.58. The van der Waals surface area contributed by atoms with E-state index in [1.165, 1.54) is 9.75 Å². The van der Waals surface area contributed by atoms with Crippen LogP contribution >= 0.6 is 22.9 Å². The number of nitrogen functional groups attached to an aromatic ring is 1. The molecule has 5 heteroatoms. The highest BCUT2D eigenvalue weighted by Crippen LogP contribution is 2.35. The Morgan fingerprint density at radius 3 is 2.78 bits per heavy atom. The van der Waals surface area contributed by atoms with Gasteiger partial charge >= 0.3 is 0 Å². The summed E-state index contributed by atoms with van der Waals surface area (Å²) in [5, 5.41) is 0.611. The number of hydrogen-bond acceptors (Lipinski definition) is 3. The minimum absolute atomic E-state index is 0.611. The van der Waals surface area contributed by atoms with Crippen LogP contribution < -0.4 is 5.73 Å². The van der Waals surface area contributed by atoms with E-state index >= 15 is 0 Å². The minimum Gasteiger partial charge on any atom is -0.383 e. The van der Waals surface area contributed by atoms with Crippen LogP contribution in [0.2, 0.25) is 5.02 Å². The van der Waals surface area contributed by atoms with Gasteiger partial charge in [-0.3, -0.25) is 4.40 Å². The van der Waals surface area contributed by atoms with Gasteiger partial charge in [-0.25, -0.2) is 4.98 Å². The minimum atomic E-state index is 0.611. The fourth-order valence-electron chi connectivity index (χ4n) is 2.12. The van der Waals surface area contributed by atoms with Crippen molar-refractivity contribution in [3.05, 3.63) is 39.2 Å². The van der Waals surface area contributed by atoms with E-state index in [-0.39, 0.29) is 0 Å². The number of rotatable bonds is 1. The van der Waals surface area contributed by atoms with E-state index in [0.717, 1.165) is 11.3 Å². The van der Waals surface area contributed by atoms with Crippen molar-refractivity contribution in [2.75, 3.05) is 5.73 Å². The lowest BCUT2D eigenvalue weighted by Gasteiger charge is -1.98. The van der Waals surface area contributed by atoms with Gasteiger partial charge in [-0.15, -0.1) is 11.3 Å². The molecule has 0 saturated carbocycles. The van der Waals surface area contributed by atoms with Gasteiger partial charge in [-0.1, -0.05) is 11.6 Å². The smallest absolute Gasteiger partial charge is 0.157 e. The molecule has 0 atom stereocenters. The molecule has 0 aliphatic carbocycles. The van der Waals surface area contributed by atoms with Gasteiger partial charge in [0.15, 0.2) is 5.65 Å². The van der Waals surface area contributed by atoms with Crippen molar-refractivity contribution in [2.45, 2.75) is 13.8 Å². The number of aromatic nitrogens is 2. The highest BCUT2D eigenvalue weighted by molar-refractivity contribution is 7.12. The van der Waals surface area contributed by atoms with E-state index in [1.54, 1.807) is 11.3 Å². The average Bonchev–Trinajstić information content (AvgIpc) is 2.81. The first kappa shape index (κ1) is 11.6. The van der Waals surface area contributed by atoms with Gasteiger partial charge in [0.1, 0.15) is 11.5 Å². The summed E-state index contributed by atoms with van der Waals surface area (Å²) in [7, 11) is 0. The molecule has 3 aromatic heterocycles. The number of nitrogens with two attached hydrogens (primary N) is 1. The van der Waals surface area contributed by atoms with Crippen LogP contribution in [0.3, 0.4) is 0 Å². The number of anilines is 1. The summed E-state index contributed by atoms with van der Waals surface area (Å²) in [5.41, 5.74) is 8.77. The summed E-state index contributed by atoms with van der Waals surface area (Å²) >= 11 is 7.89. The third-order valence-corrected chi connectivity index (χ3v) is 4.20. The van der Waals surface area contributed by atoms with Crippen LogP contribution in [0.1, 0.15) is 9.75 Å². The quantitative estimate of drug-likeness (QED) is 0.733. The molecular formula is C13H12ClN3S. The first-order valence-corrected chi connectivity index (χ1v) is 6.77. The topological polar surface area (TPSA) is 43.3 Å². The van der Waals surface area contributed by atoms with Crippen LogP contribution in [0.15, 0.2) is 24.4 Å². The number of aryl methyl sites for hydroxylation is 2. The van der Waals surface area contributed by atoms with Crippen LogP contribution in [0, 0.1) is 13.8 Å². The molecule has 0 radical (unpaired) electrons. The number of fused-ring (bicyclic) bond motifs is 1. The summed E-state index contributed by atoms with van der Waals surface area (Å²) in [6, 6.07) is 5.80. The maximum absolute atomic E-state index is 6.16. The van der Waals surface area contributed by atoms with Crippen molar-refractivity contribution in [3.8, 4) is 11.3 Å². The molecule has 18 heavy (non-hydrogen) atoms. The molecule has 3 heterocycles. The fourth-order valence-corrected chi connectivity index (χ4v) is 3.25. The number of nitrogens with zero attached hydrogens (tertiary/aromatic N) is 2. The summed E-state index contributed by atoms with van der Waals surface area (Å²) in [4.78, 5) is 7.04. The lowest BCUT2D eigenvalue weighted by Crippen LogP contribution is -1.93. The summed E-state index contributed by atoms with van der Waals surface area (Å²) < 4.78 is 1.82. The molecule has 0 aliphatic heterocycles. The number of thiophene rings is 1. The Kier molecular flexibility index (Phi) is 2.57. The summed E-state index contributed by atoms with van der Waals surface area (Å²) in [5.74, 6) is 0.633. The van der Waals surface area contributed by atoms with E-state index in [9.17, 15) is 0 Å². The van der Waals surface area contributed by atoms with Crippen molar-refractivity contribution in [2.24, 2.45) is 0 Å². The van der Waals surface area contributed by atoms with Crippen LogP contribution in [-0.4, -0.2) is 9.38 Å². The third-order valence-electron chi connectivity index (χ3n) is 2.94. The Labute approximate surface area is 114 Å². The first-order valence-electron chi connectivity index (χ1n) is 5.57. The van der Waals surface area contributed by atoms with Crippen LogP contribution in [-0.2, 0) is 0 Å². The predicted molar refractivity (Wildman–Crippen MR) is 77.4 cm³/mol. The molecular weight excluding hydrogens is 266 g/mol. The molecule has 0 aliphatic rings. The maximum atomic E-state index is 6.16. The monoisotopic (exact) mass is 277 g/mol. The van der Waals surface area contributed by atoms with Gasteiger partial charge in [0.25, 0.3) is 0 Å². The Hall–Kier alpha value is -1.52. The van der Waals surface area contributed by atoms with Gasteiger partial charge in [-0.2, -0.15) is 0 Å². The molecule has 0 spiro atoms. The van der Waals surface area contributed by atoms with Crippen LogP contribution in [0.5, 0.6) is 0 Å². The van der Waals surface area contributed by atoms with E-state index < -0.39 is 0 Å². The van der Waals surface area contributed by atoms with Crippen LogP contribution in [0.25, 0.3) is 16.9 Å². The van der Waals surface area contributed by atoms with E-state index in [1.807, 2.05) is 22.7 Å². The van der Waals surface area contributed by atoms with Gasteiger partial charge in [0.2, 0.25) is 0 Å². The molecule has 0 amide bonds. The lowest BCUT2D eigenvalue weighted by atomic mass is 10.2. The number of hydrogen-bond donors (Lipinski definition) is 1. The van der Waals surface area contributed by atoms with Gasteiger partial charge in [0, 0.05) is 21.5 Å². The number of halogens is 1. The Balaban J connectivity index is 2.34. The molecule has 0 aromatic carbocycles. The highest BCUT2D eigenvalue weighted by atomic mass is 35.5. The SMILES string of the molecule is Cc1cc(-c2nc3c(Cl)cccn3c2N)c(C)s1. The zero-order valence-corrected chi connectivity index (χ0v) is 11.6. The van der Waals surface area contributed by atoms with E-state index in [2.05, 4.69) is 24.9 Å². The second kappa shape index (κ2) is 4.00. The Morgan fingerprint density at radius 2 is 2.17 bits per heavy atom. The second-order valence-corrected chi connectivity index (χ2v) is 6.09. The largest absolute Gasteiger partial charge is 0.383 e. The molecule has 0 fully saturated rings. The van der Waals surface area contributed by atoms with Crippen molar-refractivity contribution in [1.29, 1.82) is 0 Å². The molecule has 3 aromatic rings. The molecule has 0 bridgehead atoms. The van der Waals surface area contributed by atoms with Gasteiger partial charge in [0.05, 0.1) is 5.02 Å². The summed E-state index contributed by atoms with van der Waals surface area (Å²) in [6.45, 7) is 4.16.